The van der Waals surface area contributed by atoms with Crippen LogP contribution in [0, 0.1) is 5.92 Å². The van der Waals surface area contributed by atoms with Crippen LogP contribution in [-0.2, 0) is 6.42 Å². The third-order valence-corrected chi connectivity index (χ3v) is 2.93. The molecule has 4 heteroatoms. The molecule has 0 bridgehead atoms. The second-order valence-corrected chi connectivity index (χ2v) is 4.03. The van der Waals surface area contributed by atoms with E-state index in [1.807, 2.05) is 12.4 Å². The van der Waals surface area contributed by atoms with Gasteiger partial charge in [0.15, 0.2) is 0 Å². The molecule has 0 saturated carbocycles. The summed E-state index contributed by atoms with van der Waals surface area (Å²) in [6.07, 6.45) is 5.78. The molecule has 82 valence electrons. The Bertz CT molecular complexity index is 312. The standard InChI is InChI=1S/C11H17N3O/c1-2-9-5-12-11(13-6-9)14-4-3-10(7-14)8-15/h5-6,10,15H,2-4,7-8H2,1H3. The first-order valence-corrected chi connectivity index (χ1v) is 5.50. The van der Waals surface area contributed by atoms with Crippen LogP contribution in [0.1, 0.15) is 18.9 Å². The highest BCUT2D eigenvalue weighted by Gasteiger charge is 2.23. The molecule has 2 rings (SSSR count). The Morgan fingerprint density at radius 1 is 1.47 bits per heavy atom. The Morgan fingerprint density at radius 3 is 2.73 bits per heavy atom. The number of aryl methyl sites for hydroxylation is 1. The van der Waals surface area contributed by atoms with Gasteiger partial charge < -0.3 is 10.0 Å². The lowest BCUT2D eigenvalue weighted by Gasteiger charge is -2.15. The molecule has 0 aliphatic carbocycles. The Labute approximate surface area is 90.0 Å². The fourth-order valence-electron chi connectivity index (χ4n) is 1.86. The SMILES string of the molecule is CCc1cnc(N2CCC(CO)C2)nc1. The number of rotatable bonds is 3. The molecule has 1 aromatic rings. The minimum atomic E-state index is 0.267. The summed E-state index contributed by atoms with van der Waals surface area (Å²) >= 11 is 0. The van der Waals surface area contributed by atoms with E-state index in [2.05, 4.69) is 21.8 Å². The smallest absolute Gasteiger partial charge is 0.225 e. The lowest BCUT2D eigenvalue weighted by molar-refractivity contribution is 0.238. The molecule has 1 atom stereocenters. The number of hydrogen-bond donors (Lipinski definition) is 1. The van der Waals surface area contributed by atoms with E-state index in [-0.39, 0.29) is 6.61 Å². The first-order chi connectivity index (χ1) is 7.33. The van der Waals surface area contributed by atoms with Crippen LogP contribution < -0.4 is 4.90 Å². The van der Waals surface area contributed by atoms with Crippen molar-refractivity contribution in [2.45, 2.75) is 19.8 Å². The highest BCUT2D eigenvalue weighted by molar-refractivity contribution is 5.31. The number of aliphatic hydroxyl groups is 1. The fraction of sp³-hybridized carbons (Fsp3) is 0.636. The van der Waals surface area contributed by atoms with Crippen LogP contribution >= 0.6 is 0 Å². The number of anilines is 1. The van der Waals surface area contributed by atoms with Gasteiger partial charge >= 0.3 is 0 Å². The summed E-state index contributed by atoms with van der Waals surface area (Å²) in [6, 6.07) is 0. The zero-order chi connectivity index (χ0) is 10.7. The van der Waals surface area contributed by atoms with Crippen molar-refractivity contribution in [1.29, 1.82) is 0 Å². The Kier molecular flexibility index (Phi) is 3.16. The second-order valence-electron chi connectivity index (χ2n) is 4.03. The van der Waals surface area contributed by atoms with Gasteiger partial charge in [-0.25, -0.2) is 9.97 Å². The van der Waals surface area contributed by atoms with Crippen molar-refractivity contribution < 1.29 is 5.11 Å². The van der Waals surface area contributed by atoms with Crippen molar-refractivity contribution in [3.63, 3.8) is 0 Å². The molecule has 1 N–H and O–H groups in total. The van der Waals surface area contributed by atoms with E-state index >= 15 is 0 Å². The number of aromatic nitrogens is 2. The van der Waals surface area contributed by atoms with Gasteiger partial charge in [0, 0.05) is 38.0 Å². The van der Waals surface area contributed by atoms with Crippen molar-refractivity contribution in [1.82, 2.24) is 9.97 Å². The van der Waals surface area contributed by atoms with E-state index in [0.29, 0.717) is 5.92 Å². The van der Waals surface area contributed by atoms with Gasteiger partial charge in [0.2, 0.25) is 5.95 Å². The number of nitrogens with zero attached hydrogens (tertiary/aromatic N) is 3. The molecule has 0 aromatic carbocycles. The summed E-state index contributed by atoms with van der Waals surface area (Å²) in [7, 11) is 0. The zero-order valence-electron chi connectivity index (χ0n) is 9.06. The van der Waals surface area contributed by atoms with Crippen LogP contribution in [0.4, 0.5) is 5.95 Å². The van der Waals surface area contributed by atoms with Crippen molar-refractivity contribution in [2.24, 2.45) is 5.92 Å². The van der Waals surface area contributed by atoms with Crippen molar-refractivity contribution in [2.75, 3.05) is 24.6 Å². The van der Waals surface area contributed by atoms with E-state index < -0.39 is 0 Å². The van der Waals surface area contributed by atoms with Crippen molar-refractivity contribution in [3.05, 3.63) is 18.0 Å². The molecular weight excluding hydrogens is 190 g/mol. The normalized spacial score (nSPS) is 20.9. The average Bonchev–Trinajstić information content (AvgIpc) is 2.78. The first kappa shape index (κ1) is 10.4. The monoisotopic (exact) mass is 207 g/mol. The highest BCUT2D eigenvalue weighted by Crippen LogP contribution is 2.19. The van der Waals surface area contributed by atoms with E-state index in [0.717, 1.165) is 37.4 Å². The molecular formula is C11H17N3O. The minimum absolute atomic E-state index is 0.267. The molecule has 0 radical (unpaired) electrons. The number of hydrogen-bond acceptors (Lipinski definition) is 4. The predicted octanol–water partition coefficient (Wildman–Crippen LogP) is 0.858. The maximum absolute atomic E-state index is 9.05. The van der Waals surface area contributed by atoms with Crippen molar-refractivity contribution in [3.8, 4) is 0 Å². The van der Waals surface area contributed by atoms with Gasteiger partial charge in [0.05, 0.1) is 0 Å². The summed E-state index contributed by atoms with van der Waals surface area (Å²) in [5.41, 5.74) is 1.16. The molecule has 1 aliphatic heterocycles. The van der Waals surface area contributed by atoms with Gasteiger partial charge in [-0.15, -0.1) is 0 Å². The molecule has 1 fully saturated rings. The van der Waals surface area contributed by atoms with Gasteiger partial charge in [-0.05, 0) is 18.4 Å². The van der Waals surface area contributed by atoms with Crippen LogP contribution in [0.15, 0.2) is 12.4 Å². The topological polar surface area (TPSA) is 49.2 Å². The first-order valence-electron chi connectivity index (χ1n) is 5.50. The van der Waals surface area contributed by atoms with Gasteiger partial charge in [-0.3, -0.25) is 0 Å². The molecule has 1 aromatic heterocycles. The average molecular weight is 207 g/mol. The van der Waals surface area contributed by atoms with Gasteiger partial charge in [0.25, 0.3) is 0 Å². The summed E-state index contributed by atoms with van der Waals surface area (Å²) in [6.45, 7) is 4.19. The molecule has 1 unspecified atom stereocenters. The summed E-state index contributed by atoms with van der Waals surface area (Å²) in [4.78, 5) is 10.8. The molecule has 15 heavy (non-hydrogen) atoms. The lowest BCUT2D eigenvalue weighted by atomic mass is 10.1. The van der Waals surface area contributed by atoms with Crippen LogP contribution in [0.5, 0.6) is 0 Å². The van der Waals surface area contributed by atoms with Crippen LogP contribution in [0.25, 0.3) is 0 Å². The predicted molar refractivity (Wildman–Crippen MR) is 58.8 cm³/mol. The van der Waals surface area contributed by atoms with Crippen LogP contribution in [0.2, 0.25) is 0 Å². The van der Waals surface area contributed by atoms with Gasteiger partial charge in [0.1, 0.15) is 0 Å². The third-order valence-electron chi connectivity index (χ3n) is 2.93. The summed E-state index contributed by atoms with van der Waals surface area (Å²) < 4.78 is 0. The Morgan fingerprint density at radius 2 is 2.20 bits per heavy atom. The zero-order valence-corrected chi connectivity index (χ0v) is 9.06. The highest BCUT2D eigenvalue weighted by atomic mass is 16.3. The molecule has 4 nitrogen and oxygen atoms in total. The lowest BCUT2D eigenvalue weighted by Crippen LogP contribution is -2.22. The minimum Gasteiger partial charge on any atom is -0.396 e. The van der Waals surface area contributed by atoms with Crippen LogP contribution in [-0.4, -0.2) is 34.8 Å². The van der Waals surface area contributed by atoms with Crippen LogP contribution in [0.3, 0.4) is 0 Å². The van der Waals surface area contributed by atoms with E-state index in [9.17, 15) is 0 Å². The quantitative estimate of drug-likeness (QED) is 0.798. The van der Waals surface area contributed by atoms with E-state index in [1.165, 1.54) is 0 Å². The molecule has 0 spiro atoms. The molecule has 0 amide bonds. The van der Waals surface area contributed by atoms with E-state index in [1.54, 1.807) is 0 Å². The fourth-order valence-corrected chi connectivity index (χ4v) is 1.86. The Hall–Kier alpha value is -1.16. The molecule has 1 saturated heterocycles. The third kappa shape index (κ3) is 2.26. The van der Waals surface area contributed by atoms with E-state index in [4.69, 9.17) is 5.11 Å². The number of aliphatic hydroxyl groups excluding tert-OH is 1. The summed E-state index contributed by atoms with van der Waals surface area (Å²) in [5.74, 6) is 1.18. The van der Waals surface area contributed by atoms with Gasteiger partial charge in [-0.2, -0.15) is 0 Å². The van der Waals surface area contributed by atoms with Crippen molar-refractivity contribution >= 4 is 5.95 Å². The maximum Gasteiger partial charge on any atom is 0.225 e. The molecule has 1 aliphatic rings. The second kappa shape index (κ2) is 4.57. The van der Waals surface area contributed by atoms with Gasteiger partial charge in [-0.1, -0.05) is 6.92 Å². The largest absolute Gasteiger partial charge is 0.396 e. The summed E-state index contributed by atoms with van der Waals surface area (Å²) in [5, 5.41) is 9.05. The molecule has 2 heterocycles. The maximum atomic E-state index is 9.05. The Balaban J connectivity index is 2.04.